The van der Waals surface area contributed by atoms with Gasteiger partial charge in [0.15, 0.2) is 15.8 Å². The van der Waals surface area contributed by atoms with Gasteiger partial charge in [-0.05, 0) is 32.2 Å². The van der Waals surface area contributed by atoms with Crippen LogP contribution in [0.4, 0.5) is 0 Å². The van der Waals surface area contributed by atoms with Crippen LogP contribution in [0.25, 0.3) is 0 Å². The second-order valence-electron chi connectivity index (χ2n) is 6.01. The number of aliphatic hydroxyl groups excluding tert-OH is 1. The van der Waals surface area contributed by atoms with Crippen LogP contribution < -0.4 is 10.6 Å². The maximum absolute atomic E-state index is 12.2. The smallest absolute Gasteiger partial charge is 0.191 e. The first-order valence-electron chi connectivity index (χ1n) is 8.71. The number of rotatable bonds is 9. The van der Waals surface area contributed by atoms with E-state index in [0.717, 1.165) is 28.5 Å². The van der Waals surface area contributed by atoms with Crippen LogP contribution in [0.5, 0.6) is 0 Å². The molecule has 0 saturated carbocycles. The van der Waals surface area contributed by atoms with Crippen molar-refractivity contribution in [3.8, 4) is 0 Å². The first kappa shape index (κ1) is 25.3. The molecule has 0 amide bonds. The number of thiophene rings is 1. The molecule has 28 heavy (non-hydrogen) atoms. The first-order valence-corrected chi connectivity index (χ1v) is 12.1. The summed E-state index contributed by atoms with van der Waals surface area (Å²) in [6.45, 7) is 7.34. The summed E-state index contributed by atoms with van der Waals surface area (Å²) in [7, 11) is -3.48. The fourth-order valence-electron chi connectivity index (χ4n) is 2.30. The number of halogens is 1. The van der Waals surface area contributed by atoms with Crippen molar-refractivity contribution >= 4 is 62.4 Å². The van der Waals surface area contributed by atoms with Gasteiger partial charge in [0.25, 0.3) is 0 Å². The van der Waals surface area contributed by atoms with Crippen molar-refractivity contribution in [2.75, 3.05) is 25.4 Å². The number of nitrogens with zero attached hydrogens (tertiary/aromatic N) is 2. The van der Waals surface area contributed by atoms with Crippen LogP contribution in [-0.4, -0.2) is 56.0 Å². The predicted octanol–water partition coefficient (Wildman–Crippen LogP) is 2.37. The van der Waals surface area contributed by atoms with Gasteiger partial charge in [0.2, 0.25) is 0 Å². The number of hydrogen-bond acceptors (Lipinski definition) is 7. The van der Waals surface area contributed by atoms with Gasteiger partial charge in [0.05, 0.1) is 29.1 Å². The monoisotopic (exact) mass is 558 g/mol. The highest BCUT2D eigenvalue weighted by atomic mass is 127. The number of aryl methyl sites for hydroxylation is 2. The van der Waals surface area contributed by atoms with Crippen molar-refractivity contribution < 1.29 is 13.5 Å². The van der Waals surface area contributed by atoms with E-state index in [-0.39, 0.29) is 40.5 Å². The van der Waals surface area contributed by atoms with Crippen LogP contribution in [0.15, 0.2) is 26.7 Å². The largest absolute Gasteiger partial charge is 0.390 e. The summed E-state index contributed by atoms with van der Waals surface area (Å²) >= 11 is 2.84. The zero-order valence-corrected chi connectivity index (χ0v) is 20.9. The first-order chi connectivity index (χ1) is 12.8. The Balaban J connectivity index is 0.00000392. The summed E-state index contributed by atoms with van der Waals surface area (Å²) in [5, 5.41) is 19.1. The maximum atomic E-state index is 12.2. The van der Waals surface area contributed by atoms with E-state index in [0.29, 0.717) is 19.0 Å². The Bertz CT molecular complexity index is 832. The van der Waals surface area contributed by atoms with E-state index in [2.05, 4.69) is 27.5 Å². The van der Waals surface area contributed by atoms with Gasteiger partial charge < -0.3 is 15.7 Å². The molecular formula is C17H27IN4O3S3. The molecule has 1 atom stereocenters. The van der Waals surface area contributed by atoms with Crippen molar-refractivity contribution in [1.29, 1.82) is 0 Å². The minimum atomic E-state index is -3.48. The van der Waals surface area contributed by atoms with Crippen molar-refractivity contribution in [2.24, 2.45) is 4.99 Å². The number of guanidine groups is 1. The summed E-state index contributed by atoms with van der Waals surface area (Å²) in [5.74, 6) is 0.212. The molecule has 0 radical (unpaired) electrons. The molecule has 0 aliphatic carbocycles. The topological polar surface area (TPSA) is 104 Å². The Labute approximate surface area is 191 Å². The average molecular weight is 559 g/mol. The molecule has 158 valence electrons. The van der Waals surface area contributed by atoms with Gasteiger partial charge in [0.1, 0.15) is 4.21 Å². The lowest BCUT2D eigenvalue weighted by Crippen LogP contribution is -2.39. The minimum absolute atomic E-state index is 0. The summed E-state index contributed by atoms with van der Waals surface area (Å²) in [6, 6.07) is 3.23. The van der Waals surface area contributed by atoms with Crippen LogP contribution in [-0.2, 0) is 16.3 Å². The third kappa shape index (κ3) is 7.93. The van der Waals surface area contributed by atoms with Gasteiger partial charge in [0, 0.05) is 24.4 Å². The number of nitrogens with one attached hydrogen (secondary N) is 2. The van der Waals surface area contributed by atoms with Crippen LogP contribution in [0, 0.1) is 13.8 Å². The van der Waals surface area contributed by atoms with E-state index in [1.807, 2.05) is 13.8 Å². The van der Waals surface area contributed by atoms with Gasteiger partial charge in [-0.2, -0.15) is 0 Å². The van der Waals surface area contributed by atoms with Gasteiger partial charge in [-0.15, -0.1) is 46.7 Å². The summed E-state index contributed by atoms with van der Waals surface area (Å²) in [5.41, 5.74) is 1.06. The quantitative estimate of drug-likeness (QED) is 0.248. The van der Waals surface area contributed by atoms with Crippen LogP contribution >= 0.6 is 46.7 Å². The van der Waals surface area contributed by atoms with Crippen molar-refractivity contribution in [3.63, 3.8) is 0 Å². The molecule has 2 aromatic heterocycles. The highest BCUT2D eigenvalue weighted by Crippen LogP contribution is 2.18. The standard InChI is InChI=1S/C17H26N4O3S3.HI/c1-4-18-17(19-8-7-15-21-12(2)13(3)26-15)20-10-14(22)11-27(23,24)16-6-5-9-25-16;/h5-6,9,14,22H,4,7-8,10-11H2,1-3H3,(H2,18,19,20);1H. The zero-order chi connectivity index (χ0) is 19.9. The SMILES string of the molecule is CCNC(=NCC(O)CS(=O)(=O)c1cccs1)NCCc1nc(C)c(C)s1.I. The lowest BCUT2D eigenvalue weighted by molar-refractivity contribution is 0.206. The van der Waals surface area contributed by atoms with E-state index in [1.54, 1.807) is 28.8 Å². The minimum Gasteiger partial charge on any atom is -0.390 e. The molecule has 3 N–H and O–H groups in total. The highest BCUT2D eigenvalue weighted by molar-refractivity contribution is 14.0. The Morgan fingerprint density at radius 1 is 1.36 bits per heavy atom. The molecule has 0 spiro atoms. The van der Waals surface area contributed by atoms with Crippen molar-refractivity contribution in [3.05, 3.63) is 33.1 Å². The summed E-state index contributed by atoms with van der Waals surface area (Å²) in [6.07, 6.45) is -0.282. The van der Waals surface area contributed by atoms with Gasteiger partial charge in [-0.3, -0.25) is 4.99 Å². The number of aliphatic hydroxyl groups is 1. The van der Waals surface area contributed by atoms with Crippen LogP contribution in [0.2, 0.25) is 0 Å². The highest BCUT2D eigenvalue weighted by Gasteiger charge is 2.20. The number of hydrogen-bond donors (Lipinski definition) is 3. The fraction of sp³-hybridized carbons (Fsp3) is 0.529. The molecule has 0 aliphatic rings. The molecule has 0 fully saturated rings. The number of thiazole rings is 1. The Morgan fingerprint density at radius 3 is 2.68 bits per heavy atom. The van der Waals surface area contributed by atoms with Crippen molar-refractivity contribution in [1.82, 2.24) is 15.6 Å². The number of aromatic nitrogens is 1. The zero-order valence-electron chi connectivity index (χ0n) is 16.1. The fourth-order valence-corrected chi connectivity index (χ4v) is 5.70. The molecule has 7 nitrogen and oxygen atoms in total. The molecule has 1 unspecified atom stereocenters. The Morgan fingerprint density at radius 2 is 2.11 bits per heavy atom. The van der Waals surface area contributed by atoms with E-state index in [1.165, 1.54) is 4.88 Å². The van der Waals surface area contributed by atoms with Gasteiger partial charge in [-0.25, -0.2) is 13.4 Å². The third-order valence-electron chi connectivity index (χ3n) is 3.72. The molecule has 2 aromatic rings. The van der Waals surface area contributed by atoms with Gasteiger partial charge in [-0.1, -0.05) is 6.07 Å². The van der Waals surface area contributed by atoms with Crippen LogP contribution in [0.1, 0.15) is 22.5 Å². The molecular weight excluding hydrogens is 531 g/mol. The summed E-state index contributed by atoms with van der Waals surface area (Å²) in [4.78, 5) is 10.0. The second kappa shape index (κ2) is 12.1. The molecule has 0 bridgehead atoms. The van der Waals surface area contributed by atoms with E-state index >= 15 is 0 Å². The van der Waals surface area contributed by atoms with Crippen LogP contribution in [0.3, 0.4) is 0 Å². The predicted molar refractivity (Wildman–Crippen MR) is 127 cm³/mol. The lowest BCUT2D eigenvalue weighted by Gasteiger charge is -2.12. The average Bonchev–Trinajstić information content (AvgIpc) is 3.23. The molecule has 2 heterocycles. The van der Waals surface area contributed by atoms with Gasteiger partial charge >= 0.3 is 0 Å². The third-order valence-corrected chi connectivity index (χ3v) is 8.14. The molecule has 0 aromatic carbocycles. The normalized spacial score (nSPS) is 13.1. The molecule has 0 aliphatic heterocycles. The Hall–Kier alpha value is -0.760. The van der Waals surface area contributed by atoms with Crippen molar-refractivity contribution in [2.45, 2.75) is 37.5 Å². The number of sulfone groups is 1. The Kier molecular flexibility index (Phi) is 10.9. The second-order valence-corrected chi connectivity index (χ2v) is 10.5. The molecule has 11 heteroatoms. The maximum Gasteiger partial charge on any atom is 0.191 e. The molecule has 2 rings (SSSR count). The lowest BCUT2D eigenvalue weighted by atomic mass is 10.4. The van der Waals surface area contributed by atoms with E-state index < -0.39 is 15.9 Å². The molecule has 0 saturated heterocycles. The number of aliphatic imine (C=N–C) groups is 1. The summed E-state index contributed by atoms with van der Waals surface area (Å²) < 4.78 is 24.7. The van der Waals surface area contributed by atoms with E-state index in [9.17, 15) is 13.5 Å². The van der Waals surface area contributed by atoms with E-state index in [4.69, 9.17) is 0 Å².